The van der Waals surface area contributed by atoms with Crippen LogP contribution in [-0.4, -0.2) is 41.7 Å². The molecular formula is C29H64N2O3Si. The van der Waals surface area contributed by atoms with Crippen LogP contribution in [0.1, 0.15) is 125 Å². The van der Waals surface area contributed by atoms with E-state index >= 15 is 0 Å². The fourth-order valence-electron chi connectivity index (χ4n) is 4.62. The van der Waals surface area contributed by atoms with E-state index in [1.54, 1.807) is 0 Å². The van der Waals surface area contributed by atoms with Crippen LogP contribution < -0.4 is 11.5 Å². The first kappa shape index (κ1) is 35.0. The van der Waals surface area contributed by atoms with Crippen molar-refractivity contribution in [3.05, 3.63) is 0 Å². The van der Waals surface area contributed by atoms with Crippen LogP contribution in [0.4, 0.5) is 0 Å². The van der Waals surface area contributed by atoms with E-state index in [9.17, 15) is 0 Å². The first-order valence-electron chi connectivity index (χ1n) is 15.3. The molecule has 0 aromatic carbocycles. The molecule has 4 N–H and O–H groups in total. The Labute approximate surface area is 221 Å². The summed E-state index contributed by atoms with van der Waals surface area (Å²) in [4.78, 5) is 0. The standard InChI is InChI=1S/C29H64N2O3Si/c1-7-13-16-26(10-4)22-32-35(25-29(21-31)19-20-30,33-23-27(11-5)17-14-8-2)34-24-28(12-6)18-15-9-3/h26-29H,7-25,30-31H2,1-6H3. The highest BCUT2D eigenvalue weighted by Gasteiger charge is 2.44. The first-order chi connectivity index (χ1) is 17.0. The van der Waals surface area contributed by atoms with E-state index in [-0.39, 0.29) is 5.92 Å². The van der Waals surface area contributed by atoms with E-state index in [1.807, 2.05) is 0 Å². The molecule has 0 aliphatic heterocycles. The summed E-state index contributed by atoms with van der Waals surface area (Å²) >= 11 is 0. The smallest absolute Gasteiger partial charge is 0.373 e. The van der Waals surface area contributed by atoms with Crippen LogP contribution in [0.25, 0.3) is 0 Å². The second-order valence-corrected chi connectivity index (χ2v) is 13.4. The lowest BCUT2D eigenvalue weighted by Gasteiger charge is -2.36. The zero-order valence-corrected chi connectivity index (χ0v) is 25.6. The van der Waals surface area contributed by atoms with E-state index in [2.05, 4.69) is 41.5 Å². The summed E-state index contributed by atoms with van der Waals surface area (Å²) in [6.45, 7) is 17.1. The Morgan fingerprint density at radius 3 is 1.17 bits per heavy atom. The lowest BCUT2D eigenvalue weighted by Crippen LogP contribution is -2.50. The Balaban J connectivity index is 5.78. The predicted molar refractivity (Wildman–Crippen MR) is 155 cm³/mol. The van der Waals surface area contributed by atoms with Crippen LogP contribution in [0.15, 0.2) is 0 Å². The van der Waals surface area contributed by atoms with E-state index < -0.39 is 8.80 Å². The maximum atomic E-state index is 6.86. The van der Waals surface area contributed by atoms with Crippen molar-refractivity contribution >= 4 is 8.80 Å². The van der Waals surface area contributed by atoms with Crippen molar-refractivity contribution in [3.63, 3.8) is 0 Å². The van der Waals surface area contributed by atoms with Gasteiger partial charge in [-0.3, -0.25) is 0 Å². The van der Waals surface area contributed by atoms with Gasteiger partial charge in [0.15, 0.2) is 0 Å². The van der Waals surface area contributed by atoms with Crippen LogP contribution in [0.5, 0.6) is 0 Å². The second-order valence-electron chi connectivity index (χ2n) is 10.7. The van der Waals surface area contributed by atoms with E-state index in [1.165, 1.54) is 57.8 Å². The average Bonchev–Trinajstić information content (AvgIpc) is 2.88. The summed E-state index contributed by atoms with van der Waals surface area (Å²) in [6, 6.07) is 0.791. The second kappa shape index (κ2) is 23.2. The molecule has 4 atom stereocenters. The lowest BCUT2D eigenvalue weighted by molar-refractivity contribution is 0.0213. The molecule has 0 bridgehead atoms. The van der Waals surface area contributed by atoms with Crippen LogP contribution in [0.2, 0.25) is 6.04 Å². The number of hydrogen-bond acceptors (Lipinski definition) is 5. The van der Waals surface area contributed by atoms with Gasteiger partial charge in [0.05, 0.1) is 0 Å². The normalized spacial score (nSPS) is 17.1. The number of nitrogens with two attached hydrogens (primary N) is 2. The third-order valence-corrected chi connectivity index (χ3v) is 10.6. The van der Waals surface area contributed by atoms with Gasteiger partial charge in [0.25, 0.3) is 0 Å². The average molecular weight is 517 g/mol. The van der Waals surface area contributed by atoms with Gasteiger partial charge in [-0.15, -0.1) is 0 Å². The summed E-state index contributed by atoms with van der Waals surface area (Å²) < 4.78 is 20.6. The third-order valence-electron chi connectivity index (χ3n) is 7.69. The Kier molecular flexibility index (Phi) is 23.2. The summed E-state index contributed by atoms with van der Waals surface area (Å²) in [5.41, 5.74) is 12.2. The molecule has 0 aromatic rings. The number of hydrogen-bond donors (Lipinski definition) is 2. The van der Waals surface area contributed by atoms with Crippen molar-refractivity contribution in [3.8, 4) is 0 Å². The quantitative estimate of drug-likeness (QED) is 0.116. The number of unbranched alkanes of at least 4 members (excludes halogenated alkanes) is 3. The molecule has 0 saturated carbocycles. The number of rotatable bonds is 26. The summed E-state index contributed by atoms with van der Waals surface area (Å²) in [7, 11) is -2.91. The highest BCUT2D eigenvalue weighted by Crippen LogP contribution is 2.29. The van der Waals surface area contributed by atoms with Gasteiger partial charge in [0.1, 0.15) is 0 Å². The van der Waals surface area contributed by atoms with E-state index in [0.29, 0.717) is 30.8 Å². The molecule has 0 spiro atoms. The highest BCUT2D eigenvalue weighted by atomic mass is 28.4. The zero-order chi connectivity index (χ0) is 26.4. The first-order valence-corrected chi connectivity index (χ1v) is 17.2. The van der Waals surface area contributed by atoms with Gasteiger partial charge in [-0.1, -0.05) is 99.3 Å². The monoisotopic (exact) mass is 516 g/mol. The maximum absolute atomic E-state index is 6.86. The molecule has 5 nitrogen and oxygen atoms in total. The molecule has 212 valence electrons. The van der Waals surface area contributed by atoms with Crippen molar-refractivity contribution in [2.75, 3.05) is 32.9 Å². The van der Waals surface area contributed by atoms with Gasteiger partial charge >= 0.3 is 8.80 Å². The topological polar surface area (TPSA) is 79.7 Å². The lowest BCUT2D eigenvalue weighted by atomic mass is 10.0. The van der Waals surface area contributed by atoms with E-state index in [0.717, 1.165) is 51.5 Å². The van der Waals surface area contributed by atoms with Crippen LogP contribution in [0, 0.1) is 23.7 Å². The largest absolute Gasteiger partial charge is 0.501 e. The van der Waals surface area contributed by atoms with Crippen LogP contribution in [-0.2, 0) is 13.3 Å². The predicted octanol–water partition coefficient (Wildman–Crippen LogP) is 7.55. The molecule has 0 aromatic heterocycles. The highest BCUT2D eigenvalue weighted by molar-refractivity contribution is 6.60. The minimum absolute atomic E-state index is 0.286. The molecule has 0 aliphatic carbocycles. The van der Waals surface area contributed by atoms with Crippen LogP contribution >= 0.6 is 0 Å². The Hall–Kier alpha value is 0.0169. The van der Waals surface area contributed by atoms with Crippen LogP contribution in [0.3, 0.4) is 0 Å². The fourth-order valence-corrected chi connectivity index (χ4v) is 7.77. The van der Waals surface area contributed by atoms with Crippen molar-refractivity contribution in [2.24, 2.45) is 35.1 Å². The van der Waals surface area contributed by atoms with E-state index in [4.69, 9.17) is 24.7 Å². The zero-order valence-electron chi connectivity index (χ0n) is 24.6. The molecule has 0 amide bonds. The molecule has 0 aliphatic rings. The summed E-state index contributed by atoms with van der Waals surface area (Å²) in [5.74, 6) is 1.96. The van der Waals surface area contributed by atoms with Gasteiger partial charge in [-0.25, -0.2) is 0 Å². The van der Waals surface area contributed by atoms with Crippen molar-refractivity contribution in [1.29, 1.82) is 0 Å². The molecule has 0 rings (SSSR count). The fraction of sp³-hybridized carbons (Fsp3) is 1.00. The maximum Gasteiger partial charge on any atom is 0.501 e. The van der Waals surface area contributed by atoms with Crippen molar-refractivity contribution < 1.29 is 13.3 Å². The molecule has 0 saturated heterocycles. The van der Waals surface area contributed by atoms with Crippen molar-refractivity contribution in [1.82, 2.24) is 0 Å². The molecule has 35 heavy (non-hydrogen) atoms. The molecule has 4 unspecified atom stereocenters. The summed E-state index contributed by atoms with van der Waals surface area (Å²) in [5, 5.41) is 0. The minimum atomic E-state index is -2.91. The minimum Gasteiger partial charge on any atom is -0.373 e. The Morgan fingerprint density at radius 2 is 0.914 bits per heavy atom. The molecule has 0 heterocycles. The molecule has 6 heteroatoms. The van der Waals surface area contributed by atoms with Gasteiger partial charge in [0.2, 0.25) is 0 Å². The summed E-state index contributed by atoms with van der Waals surface area (Å²) in [6.07, 6.45) is 15.4. The molecule has 0 fully saturated rings. The van der Waals surface area contributed by atoms with Crippen molar-refractivity contribution in [2.45, 2.75) is 131 Å². The SMILES string of the molecule is CCCCC(CC)CO[Si](CC(CN)CCN)(OCC(CC)CCCC)OCC(CC)CCCC. The Morgan fingerprint density at radius 1 is 0.543 bits per heavy atom. The third kappa shape index (κ3) is 16.5. The van der Waals surface area contributed by atoms with Gasteiger partial charge in [0, 0.05) is 25.9 Å². The molecule has 0 radical (unpaired) electrons. The molecular weight excluding hydrogens is 452 g/mol. The van der Waals surface area contributed by atoms with Gasteiger partial charge in [-0.05, 0) is 62.4 Å². The van der Waals surface area contributed by atoms with Gasteiger partial charge in [-0.2, -0.15) is 0 Å². The Bertz CT molecular complexity index is 405. The van der Waals surface area contributed by atoms with Gasteiger partial charge < -0.3 is 24.7 Å².